The van der Waals surface area contributed by atoms with Crippen molar-refractivity contribution in [2.75, 3.05) is 13.8 Å². The van der Waals surface area contributed by atoms with E-state index in [1.165, 1.54) is 5.56 Å². The summed E-state index contributed by atoms with van der Waals surface area (Å²) in [5.41, 5.74) is 1.22. The highest BCUT2D eigenvalue weighted by molar-refractivity contribution is 5.69. The van der Waals surface area contributed by atoms with Gasteiger partial charge in [-0.05, 0) is 17.7 Å². The predicted octanol–water partition coefficient (Wildman–Crippen LogP) is 1.37. The fraction of sp³-hybridized carbons (Fsp3) is 0.300. The fourth-order valence-electron chi connectivity index (χ4n) is 1.38. The molecular weight excluding hydrogens is 164 g/mol. The molecule has 0 spiro atoms. The van der Waals surface area contributed by atoms with Crippen molar-refractivity contribution in [3.05, 3.63) is 29.8 Å². The molecule has 0 amide bonds. The van der Waals surface area contributed by atoms with Gasteiger partial charge in [0.25, 0.3) is 0 Å². The molecule has 2 rings (SSSR count). The van der Waals surface area contributed by atoms with Crippen LogP contribution in [0.2, 0.25) is 0 Å². The van der Waals surface area contributed by atoms with Crippen molar-refractivity contribution in [2.45, 2.75) is 6.04 Å². The Morgan fingerprint density at radius 2 is 2.15 bits per heavy atom. The lowest BCUT2D eigenvalue weighted by molar-refractivity contribution is 0.414. The molecule has 1 heterocycles. The summed E-state index contributed by atoms with van der Waals surface area (Å²) in [5, 5.41) is 3.25. The van der Waals surface area contributed by atoms with Crippen molar-refractivity contribution in [2.24, 2.45) is 4.99 Å². The maximum atomic E-state index is 5.08. The minimum absolute atomic E-state index is 0.269. The van der Waals surface area contributed by atoms with Crippen LogP contribution < -0.4 is 10.1 Å². The van der Waals surface area contributed by atoms with Crippen LogP contribution in [-0.2, 0) is 0 Å². The van der Waals surface area contributed by atoms with Gasteiger partial charge < -0.3 is 4.74 Å². The summed E-state index contributed by atoms with van der Waals surface area (Å²) in [6.45, 7) is 0.719. The Balaban J connectivity index is 2.17. The molecule has 1 unspecified atom stereocenters. The number of methoxy groups -OCH3 is 1. The number of nitrogens with zero attached hydrogens (tertiary/aromatic N) is 1. The number of ether oxygens (including phenoxy) is 1. The Kier molecular flexibility index (Phi) is 2.27. The second-order valence-corrected chi connectivity index (χ2v) is 2.94. The topological polar surface area (TPSA) is 33.6 Å². The minimum atomic E-state index is 0.269. The Labute approximate surface area is 77.4 Å². The summed E-state index contributed by atoms with van der Waals surface area (Å²) in [7, 11) is 1.67. The number of rotatable bonds is 2. The van der Waals surface area contributed by atoms with Gasteiger partial charge in [0, 0.05) is 6.21 Å². The van der Waals surface area contributed by atoms with Gasteiger partial charge in [-0.25, -0.2) is 0 Å². The highest BCUT2D eigenvalue weighted by atomic mass is 16.5. The van der Waals surface area contributed by atoms with Gasteiger partial charge >= 0.3 is 0 Å². The Bertz CT molecular complexity index is 305. The summed E-state index contributed by atoms with van der Waals surface area (Å²) in [6.07, 6.45) is 1.93. The van der Waals surface area contributed by atoms with E-state index in [4.69, 9.17) is 4.74 Å². The molecule has 0 bridgehead atoms. The van der Waals surface area contributed by atoms with Gasteiger partial charge in [-0.3, -0.25) is 10.3 Å². The second-order valence-electron chi connectivity index (χ2n) is 2.94. The number of aliphatic imine (C=N–C) groups is 1. The smallest absolute Gasteiger partial charge is 0.118 e. The highest BCUT2D eigenvalue weighted by Gasteiger charge is 2.10. The van der Waals surface area contributed by atoms with E-state index in [9.17, 15) is 0 Å². The lowest BCUT2D eigenvalue weighted by Crippen LogP contribution is -2.15. The Morgan fingerprint density at radius 3 is 2.69 bits per heavy atom. The van der Waals surface area contributed by atoms with Crippen LogP contribution in [0.15, 0.2) is 29.3 Å². The zero-order valence-corrected chi connectivity index (χ0v) is 7.53. The third kappa shape index (κ3) is 1.70. The molecule has 0 radical (unpaired) electrons. The molecule has 3 nitrogen and oxygen atoms in total. The first-order valence-electron chi connectivity index (χ1n) is 4.27. The molecule has 0 aromatic heterocycles. The maximum Gasteiger partial charge on any atom is 0.118 e. The van der Waals surface area contributed by atoms with E-state index in [-0.39, 0.29) is 6.04 Å². The zero-order valence-electron chi connectivity index (χ0n) is 7.53. The Hall–Kier alpha value is -1.35. The number of hydrogen-bond acceptors (Lipinski definition) is 3. The molecule has 1 atom stereocenters. The van der Waals surface area contributed by atoms with Crippen LogP contribution in [0, 0.1) is 0 Å². The third-order valence-electron chi connectivity index (χ3n) is 2.13. The second kappa shape index (κ2) is 3.58. The summed E-state index contributed by atoms with van der Waals surface area (Å²) >= 11 is 0. The van der Waals surface area contributed by atoms with Crippen LogP contribution in [0.5, 0.6) is 5.75 Å². The molecule has 3 heteroatoms. The van der Waals surface area contributed by atoms with Gasteiger partial charge in [0.15, 0.2) is 0 Å². The van der Waals surface area contributed by atoms with Crippen molar-refractivity contribution in [1.82, 2.24) is 5.32 Å². The first kappa shape index (κ1) is 8.26. The Morgan fingerprint density at radius 1 is 1.38 bits per heavy atom. The van der Waals surface area contributed by atoms with E-state index >= 15 is 0 Å². The average Bonchev–Trinajstić information content (AvgIpc) is 2.71. The van der Waals surface area contributed by atoms with E-state index in [2.05, 4.69) is 10.3 Å². The summed E-state index contributed by atoms with van der Waals surface area (Å²) in [4.78, 5) is 4.12. The first-order valence-corrected chi connectivity index (χ1v) is 4.27. The van der Waals surface area contributed by atoms with Crippen LogP contribution in [0.1, 0.15) is 11.6 Å². The number of nitrogens with one attached hydrogen (secondary N) is 1. The minimum Gasteiger partial charge on any atom is -0.497 e. The van der Waals surface area contributed by atoms with Gasteiger partial charge in [-0.2, -0.15) is 0 Å². The van der Waals surface area contributed by atoms with Gasteiger partial charge in [0.1, 0.15) is 5.75 Å². The van der Waals surface area contributed by atoms with Gasteiger partial charge in [0.05, 0.1) is 19.8 Å². The van der Waals surface area contributed by atoms with Gasteiger partial charge in [0.2, 0.25) is 0 Å². The normalized spacial score (nSPS) is 20.5. The van der Waals surface area contributed by atoms with E-state index in [1.54, 1.807) is 7.11 Å². The van der Waals surface area contributed by atoms with Gasteiger partial charge in [-0.15, -0.1) is 0 Å². The van der Waals surface area contributed by atoms with Crippen LogP contribution in [0.4, 0.5) is 0 Å². The van der Waals surface area contributed by atoms with E-state index in [1.807, 2.05) is 30.5 Å². The third-order valence-corrected chi connectivity index (χ3v) is 2.13. The quantitative estimate of drug-likeness (QED) is 0.738. The van der Waals surface area contributed by atoms with Crippen molar-refractivity contribution < 1.29 is 4.74 Å². The predicted molar refractivity (Wildman–Crippen MR) is 52.2 cm³/mol. The lowest BCUT2D eigenvalue weighted by Gasteiger charge is -2.08. The molecule has 13 heavy (non-hydrogen) atoms. The highest BCUT2D eigenvalue weighted by Crippen LogP contribution is 2.17. The van der Waals surface area contributed by atoms with Crippen molar-refractivity contribution in [1.29, 1.82) is 0 Å². The van der Waals surface area contributed by atoms with E-state index in [0.717, 1.165) is 12.4 Å². The summed E-state index contributed by atoms with van der Waals surface area (Å²) in [5.74, 6) is 0.888. The number of benzene rings is 1. The van der Waals surface area contributed by atoms with Crippen LogP contribution >= 0.6 is 0 Å². The lowest BCUT2D eigenvalue weighted by atomic mass is 10.1. The molecule has 1 aromatic rings. The molecule has 1 aliphatic rings. The van der Waals surface area contributed by atoms with Crippen molar-refractivity contribution in [3.63, 3.8) is 0 Å². The maximum absolute atomic E-state index is 5.08. The van der Waals surface area contributed by atoms with Crippen LogP contribution in [0.3, 0.4) is 0 Å². The SMILES string of the molecule is COc1ccc(C2C=NCN2)cc1. The van der Waals surface area contributed by atoms with Gasteiger partial charge in [-0.1, -0.05) is 12.1 Å². The molecule has 0 saturated heterocycles. The largest absolute Gasteiger partial charge is 0.497 e. The molecule has 68 valence electrons. The van der Waals surface area contributed by atoms with Crippen molar-refractivity contribution >= 4 is 6.21 Å². The molecule has 0 saturated carbocycles. The van der Waals surface area contributed by atoms with Crippen LogP contribution in [0.25, 0.3) is 0 Å². The average molecular weight is 176 g/mol. The molecule has 1 aromatic carbocycles. The van der Waals surface area contributed by atoms with E-state index < -0.39 is 0 Å². The molecule has 1 N–H and O–H groups in total. The molecular formula is C10H12N2O. The molecule has 0 aliphatic carbocycles. The monoisotopic (exact) mass is 176 g/mol. The van der Waals surface area contributed by atoms with Crippen LogP contribution in [-0.4, -0.2) is 20.0 Å². The summed E-state index contributed by atoms with van der Waals surface area (Å²) < 4.78 is 5.08. The zero-order chi connectivity index (χ0) is 9.10. The van der Waals surface area contributed by atoms with E-state index in [0.29, 0.717) is 0 Å². The molecule has 0 fully saturated rings. The summed E-state index contributed by atoms with van der Waals surface area (Å²) in [6, 6.07) is 8.29. The van der Waals surface area contributed by atoms with Crippen molar-refractivity contribution in [3.8, 4) is 5.75 Å². The fourth-order valence-corrected chi connectivity index (χ4v) is 1.38. The number of hydrogen-bond donors (Lipinski definition) is 1. The standard InChI is InChI=1S/C10H12N2O/c1-13-9-4-2-8(3-5-9)10-6-11-7-12-10/h2-6,10,12H,7H2,1H3. The molecule has 1 aliphatic heterocycles. The first-order chi connectivity index (χ1) is 6.40.